The molecule has 44 heavy (non-hydrogen) atoms. The second-order valence-electron chi connectivity index (χ2n) is 17.4. The first-order valence-corrected chi connectivity index (χ1v) is 20.6. The molecule has 1 amide bonds. The van der Waals surface area contributed by atoms with Crippen molar-refractivity contribution < 1.29 is 14.0 Å². The lowest BCUT2D eigenvalue weighted by atomic mass is 9.47. The maximum absolute atomic E-state index is 13.8. The van der Waals surface area contributed by atoms with Crippen LogP contribution in [0.4, 0.5) is 4.79 Å². The van der Waals surface area contributed by atoms with Gasteiger partial charge >= 0.3 is 6.09 Å². The minimum atomic E-state index is -2.13. The molecule has 5 aliphatic rings. The van der Waals surface area contributed by atoms with Crippen LogP contribution in [0.3, 0.4) is 0 Å². The van der Waals surface area contributed by atoms with Crippen molar-refractivity contribution in [3.05, 3.63) is 59.2 Å². The van der Waals surface area contributed by atoms with E-state index in [1.54, 1.807) is 5.57 Å². The number of amides is 1. The Balaban J connectivity index is 1.27. The molecule has 5 aliphatic carbocycles. The van der Waals surface area contributed by atoms with Gasteiger partial charge < -0.3 is 14.1 Å². The first-order valence-electron chi connectivity index (χ1n) is 17.6. The van der Waals surface area contributed by atoms with Gasteiger partial charge in [-0.1, -0.05) is 74.4 Å². The molecule has 1 aromatic rings. The highest BCUT2D eigenvalue weighted by molar-refractivity contribution is 6.74. The second kappa shape index (κ2) is 12.7. The minimum Gasteiger partial charge on any atom is -0.444 e. The number of hydrogen-bond acceptors (Lipinski definition) is 3. The van der Waals surface area contributed by atoms with Gasteiger partial charge in [0.2, 0.25) is 0 Å². The number of benzene rings is 1. The van der Waals surface area contributed by atoms with Crippen LogP contribution in [-0.2, 0) is 9.16 Å². The van der Waals surface area contributed by atoms with Gasteiger partial charge in [0.25, 0.3) is 0 Å². The van der Waals surface area contributed by atoms with E-state index in [1.807, 2.05) is 31.7 Å². The summed E-state index contributed by atoms with van der Waals surface area (Å²) in [6, 6.07) is 10.3. The monoisotopic (exact) mass is 619 g/mol. The molecule has 4 fully saturated rings. The van der Waals surface area contributed by atoms with E-state index in [4.69, 9.17) is 9.16 Å². The highest BCUT2D eigenvalue weighted by Crippen LogP contribution is 2.63. The van der Waals surface area contributed by atoms with Gasteiger partial charge in [0, 0.05) is 6.54 Å². The third-order valence-corrected chi connectivity index (χ3v) is 16.2. The van der Waals surface area contributed by atoms with E-state index in [-0.39, 0.29) is 23.3 Å². The van der Waals surface area contributed by atoms with Gasteiger partial charge in [0.1, 0.15) is 5.60 Å². The highest BCUT2D eigenvalue weighted by atomic mass is 28.4. The zero-order valence-electron chi connectivity index (χ0n) is 29.4. The quantitative estimate of drug-likeness (QED) is 0.193. The highest BCUT2D eigenvalue weighted by Gasteiger charge is 2.52. The molecule has 0 radical (unpaired) electrons. The maximum Gasteiger partial charge on any atom is 0.410 e. The normalized spacial score (nSPS) is 28.2. The van der Waals surface area contributed by atoms with Crippen LogP contribution in [0.5, 0.6) is 0 Å². The molecule has 0 heterocycles. The Kier molecular flexibility index (Phi) is 9.70. The van der Waals surface area contributed by atoms with Gasteiger partial charge in [0.15, 0.2) is 8.32 Å². The molecule has 0 aromatic heterocycles. The van der Waals surface area contributed by atoms with Crippen LogP contribution < -0.4 is 0 Å². The minimum absolute atomic E-state index is 0.0620. The summed E-state index contributed by atoms with van der Waals surface area (Å²) in [4.78, 5) is 15.7. The lowest BCUT2D eigenvalue weighted by Gasteiger charge is -2.58. The molecule has 4 saturated carbocycles. The summed E-state index contributed by atoms with van der Waals surface area (Å²) < 4.78 is 13.1. The molecular formula is C39H61NO3Si. The summed E-state index contributed by atoms with van der Waals surface area (Å²) in [5, 5.41) is 0.0620. The molecule has 0 unspecified atom stereocenters. The van der Waals surface area contributed by atoms with E-state index < -0.39 is 13.9 Å². The third-order valence-electron chi connectivity index (χ3n) is 11.8. The zero-order chi connectivity index (χ0) is 31.9. The van der Waals surface area contributed by atoms with Gasteiger partial charge in [-0.15, -0.1) is 0 Å². The van der Waals surface area contributed by atoms with Crippen LogP contribution >= 0.6 is 0 Å². The average molecular weight is 620 g/mol. The van der Waals surface area contributed by atoms with Crippen molar-refractivity contribution in [2.24, 2.45) is 23.2 Å². The van der Waals surface area contributed by atoms with Crippen molar-refractivity contribution >= 4 is 14.4 Å². The standard InChI is InChI=1S/C39H61NO3Si/c1-28(35(33-15-11-10-12-16-33)43-44(8,9)38(5,6)7)40(36(41)42-37(2,3)4)21-13-14-29-17-19-34(20-18-29)39-25-30-22-31(26-39)24-32(23-30)27-39/h10-12,15-17,20,28,30-32,35H,13-14,18-19,21-27H2,1-9H3/t28-,30?,31?,32?,35-,39?/m0/s1. The SMILES string of the molecule is C[C@@H]([C@H](O[Si](C)(C)C(C)(C)C)c1ccccc1)N(CCCC1=CCC(C23CC4CC(CC(C4)C2)C3)=CC1)C(=O)OC(C)(C)C. The van der Waals surface area contributed by atoms with Crippen LogP contribution in [0.15, 0.2) is 53.6 Å². The molecule has 4 nitrogen and oxygen atoms in total. The van der Waals surface area contributed by atoms with E-state index in [9.17, 15) is 4.79 Å². The van der Waals surface area contributed by atoms with Gasteiger partial charge in [-0.05, 0) is 139 Å². The van der Waals surface area contributed by atoms with E-state index in [1.165, 1.54) is 44.1 Å². The summed E-state index contributed by atoms with van der Waals surface area (Å²) >= 11 is 0. The number of carbonyl (C=O) groups is 1. The molecular weight excluding hydrogens is 559 g/mol. The molecule has 0 N–H and O–H groups in total. The van der Waals surface area contributed by atoms with E-state index in [0.717, 1.165) is 49.0 Å². The summed E-state index contributed by atoms with van der Waals surface area (Å²) in [5.74, 6) is 2.98. The van der Waals surface area contributed by atoms with Crippen molar-refractivity contribution in [3.63, 3.8) is 0 Å². The van der Waals surface area contributed by atoms with Crippen molar-refractivity contribution in [1.29, 1.82) is 0 Å². The van der Waals surface area contributed by atoms with Crippen molar-refractivity contribution in [2.75, 3.05) is 6.54 Å². The van der Waals surface area contributed by atoms with Gasteiger partial charge in [0.05, 0.1) is 12.1 Å². The Labute approximate surface area is 270 Å². The predicted molar refractivity (Wildman–Crippen MR) is 185 cm³/mol. The molecule has 244 valence electrons. The van der Waals surface area contributed by atoms with Crippen LogP contribution in [0.25, 0.3) is 0 Å². The number of hydrogen-bond donors (Lipinski definition) is 0. The zero-order valence-corrected chi connectivity index (χ0v) is 30.4. The Hall–Kier alpha value is -1.85. The maximum atomic E-state index is 13.8. The fourth-order valence-electron chi connectivity index (χ4n) is 8.82. The Morgan fingerprint density at radius 1 is 0.932 bits per heavy atom. The average Bonchev–Trinajstić information content (AvgIpc) is 2.92. The number of carbonyl (C=O) groups excluding carboxylic acids is 1. The lowest BCUT2D eigenvalue weighted by molar-refractivity contribution is -0.0317. The smallest absolute Gasteiger partial charge is 0.410 e. The van der Waals surface area contributed by atoms with Crippen molar-refractivity contribution in [1.82, 2.24) is 4.90 Å². The van der Waals surface area contributed by atoms with Crippen molar-refractivity contribution in [2.45, 2.75) is 149 Å². The number of allylic oxidation sites excluding steroid dienone is 4. The molecule has 0 spiro atoms. The Morgan fingerprint density at radius 2 is 1.52 bits per heavy atom. The fraction of sp³-hybridized carbons (Fsp3) is 0.718. The molecule has 6 rings (SSSR count). The summed E-state index contributed by atoms with van der Waals surface area (Å²) in [6.07, 6.45) is 17.8. The molecule has 1 aromatic carbocycles. The summed E-state index contributed by atoms with van der Waals surface area (Å²) in [6.45, 7) is 20.1. The largest absolute Gasteiger partial charge is 0.444 e. The van der Waals surface area contributed by atoms with E-state index >= 15 is 0 Å². The number of ether oxygens (including phenoxy) is 1. The van der Waals surface area contributed by atoms with Crippen LogP contribution in [0.1, 0.15) is 124 Å². The Morgan fingerprint density at radius 3 is 2.02 bits per heavy atom. The lowest BCUT2D eigenvalue weighted by Crippen LogP contribution is -2.50. The number of rotatable bonds is 10. The number of nitrogens with zero attached hydrogens (tertiary/aromatic N) is 1. The first kappa shape index (κ1) is 33.5. The second-order valence-corrected chi connectivity index (χ2v) is 22.2. The third kappa shape index (κ3) is 7.57. The molecule has 0 saturated heterocycles. The summed E-state index contributed by atoms with van der Waals surface area (Å²) in [5.41, 5.74) is 4.39. The predicted octanol–water partition coefficient (Wildman–Crippen LogP) is 11.0. The molecule has 5 heteroatoms. The van der Waals surface area contributed by atoms with Gasteiger partial charge in [-0.25, -0.2) is 4.79 Å². The van der Waals surface area contributed by atoms with Crippen LogP contribution in [-0.4, -0.2) is 37.5 Å². The van der Waals surface area contributed by atoms with Crippen LogP contribution in [0.2, 0.25) is 18.1 Å². The molecule has 0 aliphatic heterocycles. The van der Waals surface area contributed by atoms with Gasteiger partial charge in [-0.2, -0.15) is 0 Å². The summed E-state index contributed by atoms with van der Waals surface area (Å²) in [7, 11) is -2.13. The van der Waals surface area contributed by atoms with Gasteiger partial charge in [-0.3, -0.25) is 0 Å². The first-order chi connectivity index (χ1) is 20.6. The van der Waals surface area contributed by atoms with Crippen LogP contribution in [0, 0.1) is 23.2 Å². The fourth-order valence-corrected chi connectivity index (χ4v) is 10.1. The van der Waals surface area contributed by atoms with E-state index in [2.05, 4.69) is 77.2 Å². The molecule has 4 bridgehead atoms. The molecule has 2 atom stereocenters. The van der Waals surface area contributed by atoms with Crippen molar-refractivity contribution in [3.8, 4) is 0 Å². The topological polar surface area (TPSA) is 38.8 Å². The Bertz CT molecular complexity index is 1180. The van der Waals surface area contributed by atoms with E-state index in [0.29, 0.717) is 12.0 Å².